The topological polar surface area (TPSA) is 46.5 Å². The van der Waals surface area contributed by atoms with Gasteiger partial charge < -0.3 is 9.84 Å². The maximum absolute atomic E-state index is 11.1. The lowest BCUT2D eigenvalue weighted by Crippen LogP contribution is -2.15. The minimum atomic E-state index is -0.632. The molecule has 0 heterocycles. The van der Waals surface area contributed by atoms with Gasteiger partial charge in [0.25, 0.3) is 0 Å². The first-order chi connectivity index (χ1) is 10.8. The smallest absolute Gasteiger partial charge is 0.306 e. The van der Waals surface area contributed by atoms with Crippen molar-refractivity contribution in [3.63, 3.8) is 0 Å². The number of hydrogen-bond donors (Lipinski definition) is 1. The Balaban J connectivity index is 2.22. The zero-order chi connectivity index (χ0) is 17.2. The lowest BCUT2D eigenvalue weighted by molar-refractivity contribution is -0.138. The molecule has 0 radical (unpaired) electrons. The van der Waals surface area contributed by atoms with E-state index in [2.05, 4.69) is 45.9 Å². The van der Waals surface area contributed by atoms with Crippen LogP contribution in [0.4, 0.5) is 0 Å². The van der Waals surface area contributed by atoms with Crippen LogP contribution in [0.2, 0.25) is 0 Å². The fraction of sp³-hybridized carbons (Fsp3) is 0.650. The van der Waals surface area contributed by atoms with Gasteiger partial charge in [-0.2, -0.15) is 0 Å². The first-order valence-electron chi connectivity index (χ1n) is 8.77. The van der Waals surface area contributed by atoms with Gasteiger partial charge in [0.2, 0.25) is 0 Å². The number of carboxylic acids is 1. The third-order valence-electron chi connectivity index (χ3n) is 4.90. The number of benzene rings is 1. The summed E-state index contributed by atoms with van der Waals surface area (Å²) in [5.41, 5.74) is 2.58. The fourth-order valence-corrected chi connectivity index (χ4v) is 3.38. The number of carbonyl (C=O) groups is 1. The molecule has 1 N–H and O–H groups in total. The highest BCUT2D eigenvalue weighted by molar-refractivity contribution is 5.73. The van der Waals surface area contributed by atoms with Gasteiger partial charge in [-0.05, 0) is 60.6 Å². The van der Waals surface area contributed by atoms with Crippen molar-refractivity contribution in [3.8, 4) is 5.75 Å². The molecule has 1 saturated carbocycles. The Kier molecular flexibility index (Phi) is 5.38. The van der Waals surface area contributed by atoms with Gasteiger partial charge in [-0.15, -0.1) is 0 Å². The second kappa shape index (κ2) is 6.94. The van der Waals surface area contributed by atoms with Crippen molar-refractivity contribution in [1.29, 1.82) is 0 Å². The number of aliphatic carboxylic acids is 1. The predicted molar refractivity (Wildman–Crippen MR) is 93.2 cm³/mol. The third-order valence-corrected chi connectivity index (χ3v) is 4.90. The first-order valence-corrected chi connectivity index (χ1v) is 8.77. The van der Waals surface area contributed by atoms with Gasteiger partial charge in [-0.25, -0.2) is 0 Å². The third kappa shape index (κ3) is 4.27. The Morgan fingerprint density at radius 2 is 2.04 bits per heavy atom. The van der Waals surface area contributed by atoms with Crippen LogP contribution in [0, 0.1) is 11.8 Å². The van der Waals surface area contributed by atoms with Gasteiger partial charge in [0.05, 0.1) is 12.5 Å². The standard InChI is InChI=1S/C20H30O3/c1-6-13(10-15-11-16(15)19(21)22)14-8-9-18(23-7-2)17(12-14)20(3,4)5/h8-9,12-13,15-16H,6-7,10-11H2,1-5H3,(H,21,22). The first kappa shape index (κ1) is 17.8. The summed E-state index contributed by atoms with van der Waals surface area (Å²) >= 11 is 0. The van der Waals surface area contributed by atoms with Crippen molar-refractivity contribution in [2.24, 2.45) is 11.8 Å². The van der Waals surface area contributed by atoms with E-state index < -0.39 is 5.97 Å². The predicted octanol–water partition coefficient (Wildman–Crippen LogP) is 4.99. The molecule has 0 aliphatic heterocycles. The molecule has 3 nitrogen and oxygen atoms in total. The highest BCUT2D eigenvalue weighted by Gasteiger charge is 2.43. The maximum Gasteiger partial charge on any atom is 0.306 e. The van der Waals surface area contributed by atoms with Crippen molar-refractivity contribution >= 4 is 5.97 Å². The molecule has 23 heavy (non-hydrogen) atoms. The van der Waals surface area contributed by atoms with E-state index in [1.807, 2.05) is 6.92 Å². The number of hydrogen-bond acceptors (Lipinski definition) is 2. The molecule has 0 saturated heterocycles. The molecule has 1 aromatic rings. The largest absolute Gasteiger partial charge is 0.494 e. The van der Waals surface area contributed by atoms with E-state index in [9.17, 15) is 4.79 Å². The summed E-state index contributed by atoms with van der Waals surface area (Å²) in [4.78, 5) is 11.1. The van der Waals surface area contributed by atoms with E-state index in [0.717, 1.165) is 25.0 Å². The fourth-order valence-electron chi connectivity index (χ4n) is 3.38. The second-order valence-electron chi connectivity index (χ2n) is 7.72. The molecule has 1 aliphatic rings. The summed E-state index contributed by atoms with van der Waals surface area (Å²) in [5, 5.41) is 9.11. The number of ether oxygens (including phenoxy) is 1. The van der Waals surface area contributed by atoms with Crippen molar-refractivity contribution in [1.82, 2.24) is 0 Å². The van der Waals surface area contributed by atoms with E-state index in [1.165, 1.54) is 11.1 Å². The van der Waals surface area contributed by atoms with E-state index in [1.54, 1.807) is 0 Å². The molecular weight excluding hydrogens is 288 g/mol. The van der Waals surface area contributed by atoms with Gasteiger partial charge in [-0.3, -0.25) is 4.79 Å². The van der Waals surface area contributed by atoms with Gasteiger partial charge >= 0.3 is 5.97 Å². The Morgan fingerprint density at radius 3 is 2.52 bits per heavy atom. The molecule has 0 amide bonds. The average Bonchev–Trinajstić information content (AvgIpc) is 3.24. The van der Waals surface area contributed by atoms with Crippen molar-refractivity contribution < 1.29 is 14.6 Å². The van der Waals surface area contributed by atoms with E-state index >= 15 is 0 Å². The summed E-state index contributed by atoms with van der Waals surface area (Å²) in [6, 6.07) is 6.52. The molecule has 1 fully saturated rings. The van der Waals surface area contributed by atoms with E-state index in [-0.39, 0.29) is 11.3 Å². The van der Waals surface area contributed by atoms with Crippen LogP contribution in [0.15, 0.2) is 18.2 Å². The van der Waals surface area contributed by atoms with Crippen LogP contribution in [0.3, 0.4) is 0 Å². The molecule has 2 rings (SSSR count). The molecule has 0 aromatic heterocycles. The van der Waals surface area contributed by atoms with Crippen molar-refractivity contribution in [3.05, 3.63) is 29.3 Å². The Morgan fingerprint density at radius 1 is 1.35 bits per heavy atom. The molecule has 1 aromatic carbocycles. The van der Waals surface area contributed by atoms with Gasteiger partial charge in [-0.1, -0.05) is 39.8 Å². The summed E-state index contributed by atoms with van der Waals surface area (Å²) in [6.07, 6.45) is 2.86. The highest BCUT2D eigenvalue weighted by atomic mass is 16.5. The van der Waals surface area contributed by atoms with Crippen molar-refractivity contribution in [2.75, 3.05) is 6.61 Å². The van der Waals surface area contributed by atoms with Crippen LogP contribution in [-0.4, -0.2) is 17.7 Å². The van der Waals surface area contributed by atoms with Crippen LogP contribution in [0.1, 0.15) is 70.9 Å². The summed E-state index contributed by atoms with van der Waals surface area (Å²) in [6.45, 7) is 11.5. The SMILES string of the molecule is CCOc1ccc(C(CC)CC2CC2C(=O)O)cc1C(C)(C)C. The molecule has 3 heteroatoms. The normalized spacial score (nSPS) is 21.8. The maximum atomic E-state index is 11.1. The second-order valence-corrected chi connectivity index (χ2v) is 7.72. The number of carboxylic acid groups (broad SMARTS) is 1. The Labute approximate surface area is 140 Å². The lowest BCUT2D eigenvalue weighted by Gasteiger charge is -2.25. The molecular formula is C20H30O3. The van der Waals surface area contributed by atoms with E-state index in [4.69, 9.17) is 9.84 Å². The van der Waals surface area contributed by atoms with Crippen LogP contribution in [0.25, 0.3) is 0 Å². The molecule has 0 bridgehead atoms. The zero-order valence-electron chi connectivity index (χ0n) is 15.1. The molecule has 3 atom stereocenters. The van der Waals surface area contributed by atoms with Gasteiger partial charge in [0.15, 0.2) is 0 Å². The average molecular weight is 318 g/mol. The van der Waals surface area contributed by atoms with Crippen LogP contribution in [0.5, 0.6) is 5.75 Å². The van der Waals surface area contributed by atoms with Gasteiger partial charge in [0.1, 0.15) is 5.75 Å². The lowest BCUT2D eigenvalue weighted by atomic mass is 9.82. The molecule has 1 aliphatic carbocycles. The monoisotopic (exact) mass is 318 g/mol. The quantitative estimate of drug-likeness (QED) is 0.770. The van der Waals surface area contributed by atoms with E-state index in [0.29, 0.717) is 18.4 Å². The Hall–Kier alpha value is -1.51. The Bertz CT molecular complexity index is 556. The summed E-state index contributed by atoms with van der Waals surface area (Å²) < 4.78 is 5.80. The highest BCUT2D eigenvalue weighted by Crippen LogP contribution is 2.46. The summed E-state index contributed by atoms with van der Waals surface area (Å²) in [7, 11) is 0. The van der Waals surface area contributed by atoms with Crippen LogP contribution < -0.4 is 4.74 Å². The minimum absolute atomic E-state index is 0.0297. The minimum Gasteiger partial charge on any atom is -0.494 e. The van der Waals surface area contributed by atoms with Gasteiger partial charge in [0, 0.05) is 0 Å². The molecule has 3 unspecified atom stereocenters. The number of rotatable bonds is 7. The summed E-state index contributed by atoms with van der Waals surface area (Å²) in [5.74, 6) is 0.998. The zero-order valence-corrected chi connectivity index (χ0v) is 15.1. The van der Waals surface area contributed by atoms with Crippen LogP contribution in [-0.2, 0) is 10.2 Å². The van der Waals surface area contributed by atoms with Crippen molar-refractivity contribution in [2.45, 2.75) is 65.2 Å². The van der Waals surface area contributed by atoms with Crippen LogP contribution >= 0.6 is 0 Å². The molecule has 128 valence electrons. The molecule has 0 spiro atoms.